The van der Waals surface area contributed by atoms with Crippen molar-refractivity contribution in [2.24, 2.45) is 5.92 Å². The van der Waals surface area contributed by atoms with Gasteiger partial charge >= 0.3 is 10.2 Å². The maximum Gasteiger partial charge on any atom is 0.326 e. The number of halogens is 1. The lowest BCUT2D eigenvalue weighted by molar-refractivity contribution is -0.124. The van der Waals surface area contributed by atoms with Crippen LogP contribution in [0.4, 0.5) is 15.8 Å². The van der Waals surface area contributed by atoms with E-state index in [1.54, 1.807) is 0 Å². The van der Waals surface area contributed by atoms with E-state index in [1.165, 1.54) is 25.2 Å². The zero-order valence-corrected chi connectivity index (χ0v) is 13.5. The van der Waals surface area contributed by atoms with Gasteiger partial charge in [-0.15, -0.1) is 0 Å². The second-order valence-corrected chi connectivity index (χ2v) is 7.42. The van der Waals surface area contributed by atoms with Gasteiger partial charge < -0.3 is 10.1 Å². The molecule has 1 aromatic rings. The van der Waals surface area contributed by atoms with Gasteiger partial charge in [-0.25, -0.2) is 8.70 Å². The molecule has 7 nitrogen and oxygen atoms in total. The van der Waals surface area contributed by atoms with Gasteiger partial charge in [-0.05, 0) is 18.6 Å². The van der Waals surface area contributed by atoms with E-state index in [4.69, 9.17) is 4.74 Å². The SMILES string of the molecule is CN1c2ccc(F)cc2N(CCNC(=O)[C@H]2CCOC2)S1(=O)=O. The van der Waals surface area contributed by atoms with Crippen LogP contribution in [0.2, 0.25) is 0 Å². The molecule has 23 heavy (non-hydrogen) atoms. The molecular formula is C14H18FN3O4S. The number of rotatable bonds is 4. The number of nitrogens with zero attached hydrogens (tertiary/aromatic N) is 2. The first-order chi connectivity index (χ1) is 10.9. The topological polar surface area (TPSA) is 79.0 Å². The van der Waals surface area contributed by atoms with Gasteiger partial charge in [0.25, 0.3) is 0 Å². The van der Waals surface area contributed by atoms with Crippen LogP contribution in [0.5, 0.6) is 0 Å². The van der Waals surface area contributed by atoms with Gasteiger partial charge in [0.2, 0.25) is 5.91 Å². The zero-order chi connectivity index (χ0) is 16.6. The number of amides is 1. The van der Waals surface area contributed by atoms with E-state index in [0.717, 1.165) is 8.61 Å². The second-order valence-electron chi connectivity index (χ2n) is 5.53. The second kappa shape index (κ2) is 5.97. The predicted octanol–water partition coefficient (Wildman–Crippen LogP) is 0.479. The highest BCUT2D eigenvalue weighted by molar-refractivity contribution is 7.94. The zero-order valence-electron chi connectivity index (χ0n) is 12.7. The number of fused-ring (bicyclic) bond motifs is 1. The third kappa shape index (κ3) is 2.86. The van der Waals surface area contributed by atoms with E-state index in [9.17, 15) is 17.6 Å². The molecule has 0 radical (unpaired) electrons. The first kappa shape index (κ1) is 16.0. The van der Waals surface area contributed by atoms with Crippen LogP contribution in [0.15, 0.2) is 18.2 Å². The molecule has 0 aliphatic carbocycles. The van der Waals surface area contributed by atoms with E-state index < -0.39 is 16.0 Å². The standard InChI is InChI=1S/C14H18FN3O4S/c1-17-12-3-2-11(15)8-13(12)18(23(17,20)21)6-5-16-14(19)10-4-7-22-9-10/h2-3,8,10H,4-7,9H2,1H3,(H,16,19)/t10-/m0/s1. The van der Waals surface area contributed by atoms with E-state index in [2.05, 4.69) is 5.32 Å². The summed E-state index contributed by atoms with van der Waals surface area (Å²) in [6.45, 7) is 1.15. The lowest BCUT2D eigenvalue weighted by Gasteiger charge is -2.19. The summed E-state index contributed by atoms with van der Waals surface area (Å²) in [5.41, 5.74) is 0.702. The minimum absolute atomic E-state index is 0.0441. The molecule has 2 heterocycles. The molecule has 3 rings (SSSR count). The van der Waals surface area contributed by atoms with Crippen molar-refractivity contribution in [1.29, 1.82) is 0 Å². The lowest BCUT2D eigenvalue weighted by atomic mass is 10.1. The van der Waals surface area contributed by atoms with E-state index in [1.807, 2.05) is 0 Å². The Balaban J connectivity index is 1.70. The molecule has 0 saturated carbocycles. The first-order valence-corrected chi connectivity index (χ1v) is 8.72. The van der Waals surface area contributed by atoms with Crippen LogP contribution in [-0.4, -0.2) is 47.7 Å². The van der Waals surface area contributed by atoms with Crippen LogP contribution in [-0.2, 0) is 19.7 Å². The number of hydrogen-bond acceptors (Lipinski definition) is 4. The molecule has 0 spiro atoms. The Kier molecular flexibility index (Phi) is 4.15. The minimum atomic E-state index is -3.73. The summed E-state index contributed by atoms with van der Waals surface area (Å²) in [5.74, 6) is -0.837. The van der Waals surface area contributed by atoms with Crippen molar-refractivity contribution >= 4 is 27.5 Å². The normalized spacial score (nSPS) is 22.3. The fourth-order valence-corrected chi connectivity index (χ4v) is 4.18. The number of carbonyl (C=O) groups is 1. The molecule has 1 fully saturated rings. The van der Waals surface area contributed by atoms with E-state index >= 15 is 0 Å². The van der Waals surface area contributed by atoms with Gasteiger partial charge in [0.15, 0.2) is 0 Å². The molecule has 0 aromatic heterocycles. The predicted molar refractivity (Wildman–Crippen MR) is 83.0 cm³/mol. The fraction of sp³-hybridized carbons (Fsp3) is 0.500. The number of benzene rings is 1. The largest absolute Gasteiger partial charge is 0.381 e. The van der Waals surface area contributed by atoms with Crippen LogP contribution in [0.25, 0.3) is 0 Å². The Morgan fingerprint density at radius 2 is 2.22 bits per heavy atom. The number of anilines is 2. The summed E-state index contributed by atoms with van der Waals surface area (Å²) in [7, 11) is -2.32. The van der Waals surface area contributed by atoms with Crippen molar-refractivity contribution in [3.8, 4) is 0 Å². The van der Waals surface area contributed by atoms with Gasteiger partial charge in [-0.1, -0.05) is 0 Å². The highest BCUT2D eigenvalue weighted by atomic mass is 32.2. The van der Waals surface area contributed by atoms with Crippen LogP contribution >= 0.6 is 0 Å². The Hall–Kier alpha value is -1.87. The number of ether oxygens (including phenoxy) is 1. The molecule has 1 saturated heterocycles. The van der Waals surface area contributed by atoms with E-state index in [0.29, 0.717) is 25.3 Å². The summed E-state index contributed by atoms with van der Waals surface area (Å²) in [4.78, 5) is 11.9. The van der Waals surface area contributed by atoms with Gasteiger partial charge in [0.05, 0.1) is 30.4 Å². The number of carbonyl (C=O) groups excluding carboxylic acids is 1. The highest BCUT2D eigenvalue weighted by Crippen LogP contribution is 2.39. The van der Waals surface area contributed by atoms with Crippen LogP contribution < -0.4 is 13.9 Å². The average Bonchev–Trinajstić information content (AvgIpc) is 3.09. The van der Waals surface area contributed by atoms with Gasteiger partial charge in [0, 0.05) is 26.3 Å². The Morgan fingerprint density at radius 1 is 1.43 bits per heavy atom. The summed E-state index contributed by atoms with van der Waals surface area (Å²) in [6.07, 6.45) is 0.671. The molecule has 2 aliphatic rings. The average molecular weight is 343 g/mol. The van der Waals surface area contributed by atoms with Crippen molar-refractivity contribution in [2.75, 3.05) is 42.0 Å². The Morgan fingerprint density at radius 3 is 2.91 bits per heavy atom. The minimum Gasteiger partial charge on any atom is -0.381 e. The summed E-state index contributed by atoms with van der Waals surface area (Å²) in [6, 6.07) is 3.83. The third-order valence-corrected chi connectivity index (χ3v) is 5.91. The van der Waals surface area contributed by atoms with Gasteiger partial charge in [-0.2, -0.15) is 8.42 Å². The molecule has 9 heteroatoms. The van der Waals surface area contributed by atoms with Crippen molar-refractivity contribution in [3.63, 3.8) is 0 Å². The maximum absolute atomic E-state index is 13.4. The van der Waals surface area contributed by atoms with Crippen LogP contribution in [0.3, 0.4) is 0 Å². The highest BCUT2D eigenvalue weighted by Gasteiger charge is 2.38. The Bertz CT molecular complexity index is 719. The molecule has 1 N–H and O–H groups in total. The van der Waals surface area contributed by atoms with Crippen molar-refractivity contribution in [2.45, 2.75) is 6.42 Å². The molecule has 0 unspecified atom stereocenters. The molecule has 126 valence electrons. The molecule has 1 atom stereocenters. The monoisotopic (exact) mass is 343 g/mol. The number of nitrogens with one attached hydrogen (secondary N) is 1. The summed E-state index contributed by atoms with van der Waals surface area (Å²) in [5, 5.41) is 2.71. The lowest BCUT2D eigenvalue weighted by Crippen LogP contribution is -2.42. The van der Waals surface area contributed by atoms with Crippen molar-refractivity contribution in [1.82, 2.24) is 5.32 Å². The maximum atomic E-state index is 13.4. The Labute approximate surface area is 134 Å². The van der Waals surface area contributed by atoms with Gasteiger partial charge in [0.1, 0.15) is 5.82 Å². The smallest absolute Gasteiger partial charge is 0.326 e. The molecular weight excluding hydrogens is 325 g/mol. The third-order valence-electron chi connectivity index (χ3n) is 4.08. The number of hydrogen-bond donors (Lipinski definition) is 1. The summed E-state index contributed by atoms with van der Waals surface area (Å²) < 4.78 is 45.6. The van der Waals surface area contributed by atoms with E-state index in [-0.39, 0.29) is 30.6 Å². The molecule has 0 bridgehead atoms. The molecule has 1 aromatic carbocycles. The van der Waals surface area contributed by atoms with Crippen molar-refractivity contribution < 1.29 is 22.3 Å². The first-order valence-electron chi connectivity index (χ1n) is 7.33. The van der Waals surface area contributed by atoms with Crippen LogP contribution in [0.1, 0.15) is 6.42 Å². The van der Waals surface area contributed by atoms with Gasteiger partial charge in [-0.3, -0.25) is 9.10 Å². The molecule has 2 aliphatic heterocycles. The quantitative estimate of drug-likeness (QED) is 0.862. The summed E-state index contributed by atoms with van der Waals surface area (Å²) >= 11 is 0. The molecule has 1 amide bonds. The van der Waals surface area contributed by atoms with Crippen molar-refractivity contribution in [3.05, 3.63) is 24.0 Å². The fourth-order valence-electron chi connectivity index (χ4n) is 2.76. The van der Waals surface area contributed by atoms with Crippen LogP contribution in [0, 0.1) is 11.7 Å².